The number of nitrogens with two attached hydrogens (primary N) is 1. The second-order valence-corrected chi connectivity index (χ2v) is 16.3. The first-order valence-electron chi connectivity index (χ1n) is 20.2. The van der Waals surface area contributed by atoms with Crippen LogP contribution in [0, 0.1) is 11.8 Å². The molecule has 0 bridgehead atoms. The van der Waals surface area contributed by atoms with Crippen molar-refractivity contribution in [2.24, 2.45) is 17.6 Å². The Hall–Kier alpha value is -5.52. The van der Waals surface area contributed by atoms with Crippen LogP contribution in [0.2, 0.25) is 0 Å². The Morgan fingerprint density at radius 2 is 1.15 bits per heavy atom. The highest BCUT2D eigenvalue weighted by Crippen LogP contribution is 2.18. The molecule has 0 aliphatic carbocycles. The van der Waals surface area contributed by atoms with Gasteiger partial charge in [0.25, 0.3) is 0 Å². The fourth-order valence-electron chi connectivity index (χ4n) is 6.41. The second-order valence-electron chi connectivity index (χ2n) is 15.3. The monoisotopic (exact) mass is 902 g/mol. The van der Waals surface area contributed by atoms with Crippen molar-refractivity contribution in [1.82, 2.24) is 36.8 Å². The Bertz CT molecular complexity index is 1630. The molecule has 23 nitrogen and oxygen atoms in total. The van der Waals surface area contributed by atoms with Crippen molar-refractivity contribution in [3.63, 3.8) is 0 Å². The Labute approximate surface area is 363 Å². The smallest absolute Gasteiger partial charge is 0.326 e. The number of thioether (sulfide) groups is 1. The fourth-order valence-corrected chi connectivity index (χ4v) is 6.88. The maximum Gasteiger partial charge on any atom is 0.326 e. The molecule has 62 heavy (non-hydrogen) atoms. The van der Waals surface area contributed by atoms with E-state index in [1.807, 2.05) is 0 Å². The molecule has 24 heteroatoms. The van der Waals surface area contributed by atoms with E-state index in [-0.39, 0.29) is 38.3 Å². The third kappa shape index (κ3) is 19.0. The topological polar surface area (TPSA) is 370 Å². The van der Waals surface area contributed by atoms with Gasteiger partial charge in [-0.3, -0.25) is 47.9 Å². The van der Waals surface area contributed by atoms with Crippen molar-refractivity contribution in [2.75, 3.05) is 25.1 Å². The predicted molar refractivity (Wildman–Crippen MR) is 221 cm³/mol. The summed E-state index contributed by atoms with van der Waals surface area (Å²) < 4.78 is 0. The number of carboxylic acids is 4. The summed E-state index contributed by atoms with van der Waals surface area (Å²) in [7, 11) is 0. The van der Waals surface area contributed by atoms with Crippen LogP contribution >= 0.6 is 11.8 Å². The second kappa shape index (κ2) is 27.4. The van der Waals surface area contributed by atoms with Gasteiger partial charge in [-0.25, -0.2) is 4.79 Å². The number of amides is 7. The van der Waals surface area contributed by atoms with Gasteiger partial charge in [-0.05, 0) is 62.4 Å². The van der Waals surface area contributed by atoms with E-state index in [0.717, 1.165) is 0 Å². The quantitative estimate of drug-likeness (QED) is 0.0386. The number of carbonyl (C=O) groups is 11. The molecular formula is C38H62N8O15S. The number of aliphatic carboxylic acids is 4. The number of carbonyl (C=O) groups excluding carboxylic acids is 7. The van der Waals surface area contributed by atoms with Crippen molar-refractivity contribution in [2.45, 2.75) is 134 Å². The van der Waals surface area contributed by atoms with Gasteiger partial charge in [0.1, 0.15) is 42.3 Å². The molecule has 1 rings (SSSR count). The lowest BCUT2D eigenvalue weighted by Crippen LogP contribution is -2.61. The lowest BCUT2D eigenvalue weighted by Gasteiger charge is -2.30. The Morgan fingerprint density at radius 3 is 1.61 bits per heavy atom. The summed E-state index contributed by atoms with van der Waals surface area (Å²) in [5.74, 6) is -12.3. The van der Waals surface area contributed by atoms with Crippen molar-refractivity contribution in [1.29, 1.82) is 0 Å². The van der Waals surface area contributed by atoms with E-state index >= 15 is 0 Å². The molecule has 0 saturated carbocycles. The molecule has 1 fully saturated rings. The molecule has 12 N–H and O–H groups in total. The highest BCUT2D eigenvalue weighted by molar-refractivity contribution is 7.98. The summed E-state index contributed by atoms with van der Waals surface area (Å²) in [6, 6.07) is -10.0. The SMILES string of the molecule is CC[C@H](C)[C@H](NC(=O)[C@H](CC(C)C)NC(=O)[C@H](CCC(=O)O)NC(=O)[C@H](CCC(=O)O)NC(=O)[C@@H]1CCCN1C(=O)CN)C(=O)N[C@@H](CCSC)C(=O)N[C@@H](CC(=O)O)C(=O)O. The predicted octanol–water partition coefficient (Wildman–Crippen LogP) is -2.02. The maximum atomic E-state index is 13.9. The molecule has 0 radical (unpaired) electrons. The molecule has 0 spiro atoms. The van der Waals surface area contributed by atoms with Gasteiger partial charge in [-0.1, -0.05) is 34.1 Å². The summed E-state index contributed by atoms with van der Waals surface area (Å²) >= 11 is 1.31. The summed E-state index contributed by atoms with van der Waals surface area (Å²) in [6.07, 6.45) is -0.402. The van der Waals surface area contributed by atoms with Gasteiger partial charge in [0.05, 0.1) is 13.0 Å². The Kier molecular flexibility index (Phi) is 24.1. The average molecular weight is 903 g/mol. The van der Waals surface area contributed by atoms with E-state index in [9.17, 15) is 68.1 Å². The lowest BCUT2D eigenvalue weighted by atomic mass is 9.96. The molecule has 8 atom stereocenters. The van der Waals surface area contributed by atoms with Crippen LogP contribution in [0.3, 0.4) is 0 Å². The summed E-state index contributed by atoms with van der Waals surface area (Å²) in [5.41, 5.74) is 5.47. The van der Waals surface area contributed by atoms with E-state index in [1.165, 1.54) is 16.7 Å². The van der Waals surface area contributed by atoms with E-state index < -0.39 is 146 Å². The van der Waals surface area contributed by atoms with Crippen LogP contribution < -0.4 is 37.6 Å². The number of rotatable bonds is 29. The Balaban J connectivity index is 3.40. The van der Waals surface area contributed by atoms with E-state index in [4.69, 9.17) is 10.8 Å². The van der Waals surface area contributed by atoms with Crippen LogP contribution in [0.15, 0.2) is 0 Å². The van der Waals surface area contributed by atoms with Crippen LogP contribution in [0.5, 0.6) is 0 Å². The normalized spacial score (nSPS) is 16.9. The number of nitrogens with zero attached hydrogens (tertiary/aromatic N) is 1. The van der Waals surface area contributed by atoms with Crippen molar-refractivity contribution >= 4 is 77.0 Å². The first kappa shape index (κ1) is 54.5. The molecule has 1 heterocycles. The van der Waals surface area contributed by atoms with Crippen LogP contribution in [0.1, 0.15) is 91.9 Å². The van der Waals surface area contributed by atoms with Crippen molar-refractivity contribution in [3.8, 4) is 0 Å². The number of likely N-dealkylation sites (tertiary alicyclic amines) is 1. The van der Waals surface area contributed by atoms with Gasteiger partial charge >= 0.3 is 23.9 Å². The van der Waals surface area contributed by atoms with Crippen LogP contribution in [0.25, 0.3) is 0 Å². The standard InChI is InChI=1S/C38H62N8O15S/c1-6-20(4)31(37(59)42-23(13-15-62-5)34(56)44-25(38(60)61)17-30(52)53)45-35(57)24(16-19(2)3)43-33(55)21(9-11-28(48)49)40-32(54)22(10-12-29(50)51)41-36(58)26-8-7-14-46(26)27(47)18-39/h19-26,31H,6-18,39H2,1-5H3,(H,40,54)(H,41,58)(H,42,59)(H,43,55)(H,44,56)(H,45,57)(H,48,49)(H,50,51)(H,52,53)(H,60,61)/t20-,21-,22-,23-,24-,25-,26-,31-/m0/s1. The third-order valence-corrected chi connectivity index (χ3v) is 10.6. The lowest BCUT2D eigenvalue weighted by molar-refractivity contribution is -0.147. The first-order chi connectivity index (χ1) is 29.1. The number of carboxylic acid groups (broad SMARTS) is 4. The van der Waals surface area contributed by atoms with Gasteiger partial charge in [0.2, 0.25) is 41.4 Å². The molecule has 0 unspecified atom stereocenters. The van der Waals surface area contributed by atoms with Crippen LogP contribution in [-0.4, -0.2) is 158 Å². The van der Waals surface area contributed by atoms with Gasteiger partial charge in [-0.2, -0.15) is 11.8 Å². The average Bonchev–Trinajstić information content (AvgIpc) is 3.70. The summed E-state index contributed by atoms with van der Waals surface area (Å²) in [6.45, 7) is 6.65. The molecule has 350 valence electrons. The minimum atomic E-state index is -1.80. The summed E-state index contributed by atoms with van der Waals surface area (Å²) in [5, 5.41) is 51.9. The zero-order valence-electron chi connectivity index (χ0n) is 35.6. The van der Waals surface area contributed by atoms with Crippen LogP contribution in [0.4, 0.5) is 0 Å². The fraction of sp³-hybridized carbons (Fsp3) is 0.711. The molecule has 0 aromatic heterocycles. The van der Waals surface area contributed by atoms with E-state index in [1.54, 1.807) is 34.0 Å². The molecule has 1 aliphatic heterocycles. The zero-order chi connectivity index (χ0) is 47.3. The third-order valence-electron chi connectivity index (χ3n) is 9.98. The van der Waals surface area contributed by atoms with E-state index in [2.05, 4.69) is 31.9 Å². The van der Waals surface area contributed by atoms with Gasteiger partial charge < -0.3 is 63.0 Å². The number of hydrogen-bond donors (Lipinski definition) is 11. The van der Waals surface area contributed by atoms with Gasteiger partial charge in [0, 0.05) is 19.4 Å². The van der Waals surface area contributed by atoms with Crippen LogP contribution in [-0.2, 0) is 52.7 Å². The molecule has 0 aromatic rings. The minimum Gasteiger partial charge on any atom is -0.481 e. The molecule has 1 aliphatic rings. The highest BCUT2D eigenvalue weighted by Gasteiger charge is 2.38. The van der Waals surface area contributed by atoms with Gasteiger partial charge in [0.15, 0.2) is 0 Å². The van der Waals surface area contributed by atoms with Gasteiger partial charge in [-0.15, -0.1) is 0 Å². The largest absolute Gasteiger partial charge is 0.481 e. The van der Waals surface area contributed by atoms with Crippen molar-refractivity contribution in [3.05, 3.63) is 0 Å². The van der Waals surface area contributed by atoms with E-state index in [0.29, 0.717) is 18.6 Å². The molecular weight excluding hydrogens is 841 g/mol. The molecule has 1 saturated heterocycles. The van der Waals surface area contributed by atoms with Crippen molar-refractivity contribution < 1.29 is 73.2 Å². The minimum absolute atomic E-state index is 0.00262. The Morgan fingerprint density at radius 1 is 0.661 bits per heavy atom. The molecule has 7 amide bonds. The summed E-state index contributed by atoms with van der Waals surface area (Å²) in [4.78, 5) is 141. The highest BCUT2D eigenvalue weighted by atomic mass is 32.2. The number of hydrogen-bond acceptors (Lipinski definition) is 13. The first-order valence-corrected chi connectivity index (χ1v) is 21.6. The molecule has 0 aromatic carbocycles. The maximum absolute atomic E-state index is 13.9. The number of nitrogens with one attached hydrogen (secondary N) is 6. The zero-order valence-corrected chi connectivity index (χ0v) is 36.4.